The minimum absolute atomic E-state index is 0.138. The molecule has 1 atom stereocenters. The van der Waals surface area contributed by atoms with Crippen LogP contribution in [0, 0.1) is 12.8 Å². The molecule has 0 spiro atoms. The molecule has 0 aliphatic carbocycles. The highest BCUT2D eigenvalue weighted by atomic mass is 35.5. The van der Waals surface area contributed by atoms with E-state index in [2.05, 4.69) is 0 Å². The van der Waals surface area contributed by atoms with Crippen molar-refractivity contribution in [3.63, 3.8) is 0 Å². The third-order valence-corrected chi connectivity index (χ3v) is 5.32. The molecular formula is C17H20ClN3O3. The van der Waals surface area contributed by atoms with Crippen LogP contribution in [0.15, 0.2) is 18.2 Å². The van der Waals surface area contributed by atoms with Crippen LogP contribution in [0.3, 0.4) is 0 Å². The van der Waals surface area contributed by atoms with Crippen LogP contribution in [0.2, 0.25) is 5.02 Å². The summed E-state index contributed by atoms with van der Waals surface area (Å²) < 4.78 is 0. The summed E-state index contributed by atoms with van der Waals surface area (Å²) in [4.78, 5) is 39.6. The second-order valence-electron chi connectivity index (χ2n) is 6.43. The largest absolute Gasteiger partial charge is 0.369 e. The minimum Gasteiger partial charge on any atom is -0.369 e. The van der Waals surface area contributed by atoms with Gasteiger partial charge in [0.25, 0.3) is 5.91 Å². The summed E-state index contributed by atoms with van der Waals surface area (Å²) in [5.74, 6) is -0.876. The number of hydrogen-bond acceptors (Lipinski definition) is 4. The fourth-order valence-corrected chi connectivity index (χ4v) is 3.56. The molecule has 0 unspecified atom stereocenters. The van der Waals surface area contributed by atoms with Crippen molar-refractivity contribution in [3.8, 4) is 0 Å². The Kier molecular flexibility index (Phi) is 4.60. The monoisotopic (exact) mass is 349 g/mol. The summed E-state index contributed by atoms with van der Waals surface area (Å²) in [6, 6.07) is 4.71. The number of halogens is 1. The number of benzene rings is 1. The van der Waals surface area contributed by atoms with Crippen LogP contribution in [0.1, 0.15) is 24.8 Å². The first-order valence-electron chi connectivity index (χ1n) is 8.05. The van der Waals surface area contributed by atoms with E-state index in [1.54, 1.807) is 18.2 Å². The number of aryl methyl sites for hydroxylation is 1. The Hall–Kier alpha value is -1.92. The lowest BCUT2D eigenvalue weighted by atomic mass is 9.95. The summed E-state index contributed by atoms with van der Waals surface area (Å²) in [7, 11) is 0. The fourth-order valence-electron chi connectivity index (χ4n) is 3.39. The molecule has 0 radical (unpaired) electrons. The van der Waals surface area contributed by atoms with Gasteiger partial charge < -0.3 is 5.73 Å². The predicted octanol–water partition coefficient (Wildman–Crippen LogP) is 1.48. The number of primary amides is 1. The minimum atomic E-state index is -0.466. The van der Waals surface area contributed by atoms with Gasteiger partial charge in [-0.3, -0.25) is 19.3 Å². The maximum absolute atomic E-state index is 12.8. The number of rotatable bonds is 3. The molecular weight excluding hydrogens is 330 g/mol. The van der Waals surface area contributed by atoms with Gasteiger partial charge in [-0.15, -0.1) is 0 Å². The SMILES string of the molecule is Cc1ccc(N2C(=O)C[C@H](N3CCC(C(N)=O)CC3)C2=O)cc1Cl. The van der Waals surface area contributed by atoms with Crippen molar-refractivity contribution in [2.24, 2.45) is 11.7 Å². The van der Waals surface area contributed by atoms with Gasteiger partial charge >= 0.3 is 0 Å². The molecule has 1 aromatic rings. The van der Waals surface area contributed by atoms with Crippen LogP contribution >= 0.6 is 11.6 Å². The summed E-state index contributed by atoms with van der Waals surface area (Å²) in [6.45, 7) is 3.06. The van der Waals surface area contributed by atoms with E-state index in [9.17, 15) is 14.4 Å². The highest BCUT2D eigenvalue weighted by molar-refractivity contribution is 6.32. The van der Waals surface area contributed by atoms with Gasteiger partial charge in [-0.05, 0) is 50.6 Å². The van der Waals surface area contributed by atoms with Gasteiger partial charge in [0.05, 0.1) is 18.2 Å². The van der Waals surface area contributed by atoms with Gasteiger partial charge in [0.1, 0.15) is 0 Å². The number of hydrogen-bond donors (Lipinski definition) is 1. The van der Waals surface area contributed by atoms with Gasteiger partial charge in [-0.2, -0.15) is 0 Å². The molecule has 0 saturated carbocycles. The molecule has 2 aliphatic heterocycles. The summed E-state index contributed by atoms with van der Waals surface area (Å²) >= 11 is 6.11. The number of piperidine rings is 1. The Morgan fingerprint density at radius 3 is 2.50 bits per heavy atom. The zero-order chi connectivity index (χ0) is 17.4. The molecule has 2 aliphatic rings. The standard InChI is InChI=1S/C17H20ClN3O3/c1-10-2-3-12(8-13(10)18)21-15(22)9-14(17(21)24)20-6-4-11(5-7-20)16(19)23/h2-3,8,11,14H,4-7,9H2,1H3,(H2,19,23)/t14-/m0/s1. The molecule has 3 rings (SSSR count). The Bertz CT molecular complexity index is 698. The van der Waals surface area contributed by atoms with E-state index in [-0.39, 0.29) is 30.1 Å². The number of nitrogens with zero attached hydrogens (tertiary/aromatic N) is 2. The van der Waals surface area contributed by atoms with Gasteiger partial charge in [0.15, 0.2) is 0 Å². The maximum atomic E-state index is 12.8. The van der Waals surface area contributed by atoms with Crippen molar-refractivity contribution in [1.29, 1.82) is 0 Å². The van der Waals surface area contributed by atoms with Crippen LogP contribution in [-0.2, 0) is 14.4 Å². The third-order valence-electron chi connectivity index (χ3n) is 4.91. The number of likely N-dealkylation sites (tertiary alicyclic amines) is 1. The topological polar surface area (TPSA) is 83.7 Å². The number of amides is 3. The van der Waals surface area contributed by atoms with Crippen LogP contribution in [0.25, 0.3) is 0 Å². The zero-order valence-electron chi connectivity index (χ0n) is 13.5. The lowest BCUT2D eigenvalue weighted by molar-refractivity contribution is -0.124. The van der Waals surface area contributed by atoms with Crippen molar-refractivity contribution in [1.82, 2.24) is 4.90 Å². The Balaban J connectivity index is 1.75. The Morgan fingerprint density at radius 1 is 1.25 bits per heavy atom. The molecule has 2 heterocycles. The fraction of sp³-hybridized carbons (Fsp3) is 0.471. The van der Waals surface area contributed by atoms with Crippen molar-refractivity contribution in [2.75, 3.05) is 18.0 Å². The van der Waals surface area contributed by atoms with Crippen LogP contribution in [-0.4, -0.2) is 41.8 Å². The summed E-state index contributed by atoms with van der Waals surface area (Å²) in [5.41, 5.74) is 6.74. The molecule has 7 heteroatoms. The molecule has 6 nitrogen and oxygen atoms in total. The normalized spacial score (nSPS) is 23.1. The molecule has 3 amide bonds. The number of anilines is 1. The van der Waals surface area contributed by atoms with Gasteiger partial charge in [0, 0.05) is 10.9 Å². The summed E-state index contributed by atoms with van der Waals surface area (Å²) in [5, 5.41) is 0.527. The smallest absolute Gasteiger partial charge is 0.251 e. The van der Waals surface area contributed by atoms with E-state index >= 15 is 0 Å². The highest BCUT2D eigenvalue weighted by Crippen LogP contribution is 2.30. The van der Waals surface area contributed by atoms with Crippen LogP contribution < -0.4 is 10.6 Å². The molecule has 128 valence electrons. The number of carbonyl (C=O) groups excluding carboxylic acids is 3. The number of carbonyl (C=O) groups is 3. The molecule has 0 aromatic heterocycles. The van der Waals surface area contributed by atoms with E-state index in [0.29, 0.717) is 36.6 Å². The van der Waals surface area contributed by atoms with Crippen molar-refractivity contribution >= 4 is 35.0 Å². The van der Waals surface area contributed by atoms with Gasteiger partial charge in [-0.1, -0.05) is 17.7 Å². The first kappa shape index (κ1) is 16.9. The van der Waals surface area contributed by atoms with Crippen molar-refractivity contribution in [2.45, 2.75) is 32.2 Å². The van der Waals surface area contributed by atoms with E-state index in [4.69, 9.17) is 17.3 Å². The molecule has 24 heavy (non-hydrogen) atoms. The molecule has 2 fully saturated rings. The second kappa shape index (κ2) is 6.53. The number of nitrogens with two attached hydrogens (primary N) is 1. The molecule has 2 saturated heterocycles. The number of imide groups is 1. The predicted molar refractivity (Wildman–Crippen MR) is 90.6 cm³/mol. The lowest BCUT2D eigenvalue weighted by Gasteiger charge is -2.33. The third kappa shape index (κ3) is 3.03. The van der Waals surface area contributed by atoms with Crippen LogP contribution in [0.4, 0.5) is 5.69 Å². The van der Waals surface area contributed by atoms with E-state index in [1.807, 2.05) is 11.8 Å². The highest BCUT2D eigenvalue weighted by Gasteiger charge is 2.43. The average Bonchev–Trinajstić information content (AvgIpc) is 2.85. The summed E-state index contributed by atoms with van der Waals surface area (Å²) in [6.07, 6.45) is 1.42. The van der Waals surface area contributed by atoms with E-state index < -0.39 is 6.04 Å². The lowest BCUT2D eigenvalue weighted by Crippen LogP contribution is -2.47. The zero-order valence-corrected chi connectivity index (χ0v) is 14.3. The Labute approximate surface area is 145 Å². The van der Waals surface area contributed by atoms with Gasteiger partial charge in [-0.25, -0.2) is 4.90 Å². The molecule has 2 N–H and O–H groups in total. The maximum Gasteiger partial charge on any atom is 0.251 e. The average molecular weight is 350 g/mol. The van der Waals surface area contributed by atoms with E-state index in [0.717, 1.165) is 5.56 Å². The molecule has 0 bridgehead atoms. The quantitative estimate of drug-likeness (QED) is 0.838. The van der Waals surface area contributed by atoms with Gasteiger partial charge in [0.2, 0.25) is 11.8 Å². The van der Waals surface area contributed by atoms with E-state index in [1.165, 1.54) is 4.90 Å². The second-order valence-corrected chi connectivity index (χ2v) is 6.84. The van der Waals surface area contributed by atoms with Crippen LogP contribution in [0.5, 0.6) is 0 Å². The molecule has 1 aromatic carbocycles. The Morgan fingerprint density at radius 2 is 1.92 bits per heavy atom. The first-order chi connectivity index (χ1) is 11.4. The van der Waals surface area contributed by atoms with Crippen molar-refractivity contribution in [3.05, 3.63) is 28.8 Å². The van der Waals surface area contributed by atoms with Crippen molar-refractivity contribution < 1.29 is 14.4 Å². The first-order valence-corrected chi connectivity index (χ1v) is 8.42.